The summed E-state index contributed by atoms with van der Waals surface area (Å²) >= 11 is 20.9. The number of esters is 1. The fraction of sp³-hybridized carbons (Fsp3) is 0.472. The fourth-order valence-corrected chi connectivity index (χ4v) is 21.1. The predicted molar refractivity (Wildman–Crippen MR) is 492 cm³/mol. The zero-order valence-electron chi connectivity index (χ0n) is 74.2. The SMILES string of the molecule is C1CNC1.CC(C)(C)OC(=O)N(COCC[Si](C)(C)C)C1=N[C@](C)(c2cc(/C=C(\F)c3ccc(Cl)cn3)ccc2F)[C@@H]2C[C@]2(C(=O)O)S1.COC(=O)[C@]12C[C@H]1[C@@](C)(c1cc(/C=C(\F)c3ccc(Cl)cn3)ccc1F)N=C(N(COCC[Si](C)(C)C)C(=O)OC(C)(C)C)S2.C[C@]1(c2cc(/C=C(\F)c3ccc(Cl)cn3)ccc2F)N=C(N)S[C@@]2(C(=O)N3CCC3)C[C@H]21.[Li+].[OH-]. The molecular weight excluding hydrogens is 1790 g/mol. The van der Waals surface area contributed by atoms with E-state index in [1.54, 1.807) is 74.4 Å². The third-order valence-electron chi connectivity index (χ3n) is 22.2. The van der Waals surface area contributed by atoms with Gasteiger partial charge >= 0.3 is 43.0 Å². The number of thioether (sulfide) groups is 3. The van der Waals surface area contributed by atoms with Gasteiger partial charge in [-0.15, -0.1) is 0 Å². The second kappa shape index (κ2) is 41.1. The number of nitrogens with zero attached hydrogens (tertiary/aromatic N) is 9. The van der Waals surface area contributed by atoms with Crippen LogP contribution >= 0.6 is 70.1 Å². The minimum absolute atomic E-state index is 0. The number of aromatic nitrogens is 3. The molecule has 6 aromatic rings. The van der Waals surface area contributed by atoms with E-state index in [1.807, 2.05) is 4.90 Å². The number of nitrogens with one attached hydrogen (secondary N) is 1. The minimum Gasteiger partial charge on any atom is -0.870 e. The first-order chi connectivity index (χ1) is 58.5. The van der Waals surface area contributed by atoms with Gasteiger partial charge in [0.2, 0.25) is 5.91 Å². The van der Waals surface area contributed by atoms with Gasteiger partial charge in [0.25, 0.3) is 0 Å². The number of halogens is 9. The Kier molecular flexibility index (Phi) is 33.4. The van der Waals surface area contributed by atoms with Crippen LogP contribution in [0.25, 0.3) is 35.7 Å². The molecule has 38 heteroatoms. The summed E-state index contributed by atoms with van der Waals surface area (Å²) in [6, 6.07) is 23.3. The summed E-state index contributed by atoms with van der Waals surface area (Å²) in [6.45, 7) is 33.2. The van der Waals surface area contributed by atoms with Gasteiger partial charge in [0.15, 0.2) is 15.5 Å². The van der Waals surface area contributed by atoms with Crippen LogP contribution in [0, 0.1) is 35.2 Å². The van der Waals surface area contributed by atoms with Crippen LogP contribution in [0.15, 0.2) is 125 Å². The number of rotatable bonds is 22. The molecule has 3 aromatic heterocycles. The number of hydrogen-bond donors (Lipinski definition) is 3. The molecule has 9 atom stereocenters. The van der Waals surface area contributed by atoms with Crippen molar-refractivity contribution >= 4 is 167 Å². The number of nitrogens with two attached hydrogens (primary N) is 1. The first-order valence-electron chi connectivity index (χ1n) is 40.9. The van der Waals surface area contributed by atoms with Gasteiger partial charge < -0.3 is 50.2 Å². The Balaban J connectivity index is 0.000000211. The first-order valence-corrected chi connectivity index (χ1v) is 51.9. The van der Waals surface area contributed by atoms with Crippen molar-refractivity contribution in [2.75, 3.05) is 60.0 Å². The van der Waals surface area contributed by atoms with Crippen LogP contribution in [0.2, 0.25) is 66.4 Å². The van der Waals surface area contributed by atoms with E-state index in [0.29, 0.717) is 63.4 Å². The monoisotopic (exact) mass is 1900 g/mol. The largest absolute Gasteiger partial charge is 1.00 e. The molecule has 0 spiro atoms. The Labute approximate surface area is 779 Å². The van der Waals surface area contributed by atoms with E-state index in [2.05, 4.69) is 64.5 Å². The van der Waals surface area contributed by atoms with Gasteiger partial charge in [0, 0.05) is 95.5 Å². The molecule has 680 valence electrons. The molecule has 5 N–H and O–H groups in total. The average molecular weight is 1900 g/mol. The van der Waals surface area contributed by atoms with Crippen LogP contribution in [0.5, 0.6) is 0 Å². The van der Waals surface area contributed by atoms with E-state index in [1.165, 1.54) is 164 Å². The van der Waals surface area contributed by atoms with Crippen molar-refractivity contribution in [1.82, 2.24) is 35.0 Å². The number of carboxylic acid groups (broad SMARTS) is 1. The molecule has 0 unspecified atom stereocenters. The molecule has 8 aliphatic rings. The van der Waals surface area contributed by atoms with Crippen LogP contribution in [-0.4, -0.2) is 187 Å². The molecule has 3 aliphatic carbocycles. The average Bonchev–Trinajstić information content (AvgIpc) is 1.53. The van der Waals surface area contributed by atoms with E-state index >= 15 is 22.0 Å². The molecule has 5 fully saturated rings. The Morgan fingerprint density at radius 3 is 1.21 bits per heavy atom. The Morgan fingerprint density at radius 2 is 0.898 bits per heavy atom. The molecular formula is C89H107Cl3F6LiN11O12S3Si2. The van der Waals surface area contributed by atoms with E-state index in [0.717, 1.165) is 55.1 Å². The van der Waals surface area contributed by atoms with Crippen molar-refractivity contribution in [3.05, 3.63) is 193 Å². The van der Waals surface area contributed by atoms with Crippen molar-refractivity contribution in [2.24, 2.45) is 38.5 Å². The number of amidine groups is 3. The molecule has 2 saturated heterocycles. The van der Waals surface area contributed by atoms with E-state index in [-0.39, 0.29) is 99.8 Å². The van der Waals surface area contributed by atoms with Crippen LogP contribution in [0.1, 0.15) is 145 Å². The van der Waals surface area contributed by atoms with Gasteiger partial charge in [-0.25, -0.2) is 45.7 Å². The summed E-state index contributed by atoms with van der Waals surface area (Å²) in [7, 11) is -1.57. The molecule has 3 amide bonds. The maximum atomic E-state index is 15.7. The normalized spacial score (nSPS) is 24.4. The summed E-state index contributed by atoms with van der Waals surface area (Å²) in [5.41, 5.74) is 2.64. The molecule has 23 nitrogen and oxygen atoms in total. The Morgan fingerprint density at radius 1 is 0.559 bits per heavy atom. The summed E-state index contributed by atoms with van der Waals surface area (Å²) in [4.78, 5) is 96.6. The molecule has 127 heavy (non-hydrogen) atoms. The number of methoxy groups -OCH3 is 1. The van der Waals surface area contributed by atoms with E-state index < -0.39 is 129 Å². The number of aliphatic imine (C=N–C) groups is 3. The van der Waals surface area contributed by atoms with Gasteiger partial charge in [0.1, 0.15) is 73.8 Å². The smallest absolute Gasteiger partial charge is 0.870 e. The summed E-state index contributed by atoms with van der Waals surface area (Å²) < 4.78 is 116. The van der Waals surface area contributed by atoms with Gasteiger partial charge in [-0.3, -0.25) is 44.3 Å². The third kappa shape index (κ3) is 24.8. The summed E-state index contributed by atoms with van der Waals surface area (Å²) in [5, 5.41) is 15.0. The first kappa shape index (κ1) is 103. The minimum atomic E-state index is -1.44. The number of benzene rings is 3. The quantitative estimate of drug-likeness (QED) is 0.0142. The number of fused-ring (bicyclic) bond motifs is 3. The second-order valence-corrected chi connectivity index (χ2v) is 53.3. The van der Waals surface area contributed by atoms with Crippen LogP contribution in [-0.2, 0) is 54.7 Å². The van der Waals surface area contributed by atoms with Crippen LogP contribution < -0.4 is 29.9 Å². The van der Waals surface area contributed by atoms with Crippen molar-refractivity contribution in [3.8, 4) is 0 Å². The Bertz CT molecular complexity index is 5260. The molecule has 3 aromatic carbocycles. The molecule has 0 bridgehead atoms. The van der Waals surface area contributed by atoms with Crippen molar-refractivity contribution in [3.63, 3.8) is 0 Å². The number of pyridine rings is 3. The van der Waals surface area contributed by atoms with Crippen molar-refractivity contribution in [1.29, 1.82) is 0 Å². The van der Waals surface area contributed by atoms with Gasteiger partial charge in [-0.2, -0.15) is 0 Å². The zero-order chi connectivity index (χ0) is 91.5. The number of carbonyl (C=O) groups is 5. The number of hydrogen-bond acceptors (Lipinski definition) is 22. The van der Waals surface area contributed by atoms with Crippen LogP contribution in [0.4, 0.5) is 35.9 Å². The third-order valence-corrected chi connectivity index (χ3v) is 30.6. The predicted octanol–water partition coefficient (Wildman–Crippen LogP) is 17.6. The van der Waals surface area contributed by atoms with Crippen molar-refractivity contribution < 1.29 is 103 Å². The van der Waals surface area contributed by atoms with Crippen LogP contribution in [0.3, 0.4) is 0 Å². The number of carbonyl (C=O) groups excluding carboxylic acids is 4. The molecule has 8 heterocycles. The number of carboxylic acids is 1. The molecule has 3 saturated carbocycles. The number of aliphatic carboxylic acids is 1. The number of amides is 3. The van der Waals surface area contributed by atoms with Gasteiger partial charge in [-0.05, 0) is 227 Å². The number of ether oxygens (including phenoxy) is 5. The summed E-state index contributed by atoms with van der Waals surface area (Å²) in [6.07, 6.45) is 9.78. The van der Waals surface area contributed by atoms with Gasteiger partial charge in [0.05, 0.1) is 55.9 Å². The van der Waals surface area contributed by atoms with E-state index in [9.17, 15) is 33.5 Å². The van der Waals surface area contributed by atoms with Gasteiger partial charge in [-0.1, -0.05) is 128 Å². The zero-order valence-corrected chi connectivity index (χ0v) is 80.9. The number of likely N-dealkylation sites (tertiary alicyclic amines) is 1. The summed E-state index contributed by atoms with van der Waals surface area (Å²) in [5.74, 6) is -6.33. The topological polar surface area (TPSA) is 305 Å². The standard InChI is InChI=1S/C32H40ClF2N3O5SSi.C31H38ClF2N3O5SSi.C23H21ClF2N4OS.C3H7N.Li.H2O/c1-30(2,3)43-29(40)38(19-42-13-14-45(6,7)8)28-37-31(4,26-17-32(26,44-28)27(39)41-5)22-15-20(9-11-23(22)34)16-24(35)25-12-10-21(33)18-36-25;1-29(2,3)42-28(40)37(18-41-12-13-44(5,6)7)27-36-30(4,25-16-31(25,43-27)26(38)39)21-14-19(8-10-22(21)33)15-23(34)24-11-9-20(32)17-35-24;1-22(19-11-23(19,32-21(27)29-22)20(31)30-7-2-8-30)15-9-13(3-5-16(15)25)10-17(26)18-6-4-14(24)12-28-18;1-2-4-3-1;;/h9-12,15-16,18,26H,13-14,17,19H2,1-8H3;8-11,14-15,17,25H,12-13,16,18H2,1-7H3,(H,38,39);3-6,9-10,12,19H,2,7-8,11H2,1H3,(H2,27,29);4H,1-3H2;;1H2/q;;;;+1;/p-1/b24-16-;23-15-;17-10-;;;/t26-,31+,32-;25-,30+,31-;19-,22+,23-;;;/m000.../s1. The maximum Gasteiger partial charge on any atom is 1.00 e. The van der Waals surface area contributed by atoms with E-state index in [4.69, 9.17) is 74.2 Å². The fourth-order valence-electron chi connectivity index (χ4n) is 14.8. The maximum absolute atomic E-state index is 15.7. The molecule has 5 aliphatic heterocycles. The second-order valence-electron chi connectivity index (χ2n) is 36.8. The van der Waals surface area contributed by atoms with Crippen molar-refractivity contribution in [2.45, 2.75) is 188 Å². The molecule has 14 rings (SSSR count). The molecule has 0 radical (unpaired) electrons. The Hall–Kier alpha value is -7.54.